The van der Waals surface area contributed by atoms with E-state index in [4.69, 9.17) is 0 Å². The van der Waals surface area contributed by atoms with Gasteiger partial charge in [-0.2, -0.15) is 5.26 Å². The fourth-order valence-corrected chi connectivity index (χ4v) is 2.94. The van der Waals surface area contributed by atoms with Crippen molar-refractivity contribution < 1.29 is 4.79 Å². The van der Waals surface area contributed by atoms with Gasteiger partial charge in [0.05, 0.1) is 0 Å². The van der Waals surface area contributed by atoms with Crippen LogP contribution in [0.5, 0.6) is 0 Å². The molecule has 0 aromatic heterocycles. The standard InChI is InChI=1S/C21H22N4O/c22-15-19(21(26)23-16-18-7-3-1-4-8-18)17-24-11-13-25(14-12-24)20-9-5-2-6-10-20/h1-10,17H,11-14,16H2,(H,23,26)/b19-17+. The predicted octanol–water partition coefficient (Wildman–Crippen LogP) is 2.53. The summed E-state index contributed by atoms with van der Waals surface area (Å²) in [5.74, 6) is -0.332. The van der Waals surface area contributed by atoms with Gasteiger partial charge in [-0.1, -0.05) is 48.5 Å². The topological polar surface area (TPSA) is 59.4 Å². The number of hydrogen-bond donors (Lipinski definition) is 1. The Hall–Kier alpha value is -3.26. The minimum atomic E-state index is -0.332. The number of hydrogen-bond acceptors (Lipinski definition) is 4. The summed E-state index contributed by atoms with van der Waals surface area (Å²) in [6.45, 7) is 3.72. The molecule has 0 unspecified atom stereocenters. The maximum atomic E-state index is 12.3. The molecule has 0 atom stereocenters. The monoisotopic (exact) mass is 346 g/mol. The summed E-state index contributed by atoms with van der Waals surface area (Å²) in [6, 6.07) is 22.0. The van der Waals surface area contributed by atoms with Crippen LogP contribution in [-0.4, -0.2) is 37.0 Å². The third kappa shape index (κ3) is 4.64. The Morgan fingerprint density at radius 1 is 1.00 bits per heavy atom. The van der Waals surface area contributed by atoms with Crippen molar-refractivity contribution in [3.05, 3.63) is 78.0 Å². The first kappa shape index (κ1) is 17.6. The Bertz CT molecular complexity index is 788. The summed E-state index contributed by atoms with van der Waals surface area (Å²) in [5, 5.41) is 12.1. The van der Waals surface area contributed by atoms with Crippen molar-refractivity contribution in [2.24, 2.45) is 0 Å². The maximum Gasteiger partial charge on any atom is 0.263 e. The number of piperazine rings is 1. The van der Waals surface area contributed by atoms with Crippen LogP contribution in [0.15, 0.2) is 72.4 Å². The fourth-order valence-electron chi connectivity index (χ4n) is 2.94. The molecule has 0 saturated carbocycles. The number of carbonyl (C=O) groups is 1. The lowest BCUT2D eigenvalue weighted by molar-refractivity contribution is -0.117. The van der Waals surface area contributed by atoms with Crippen molar-refractivity contribution in [1.82, 2.24) is 10.2 Å². The van der Waals surface area contributed by atoms with E-state index in [9.17, 15) is 10.1 Å². The molecule has 5 nitrogen and oxygen atoms in total. The van der Waals surface area contributed by atoms with Crippen molar-refractivity contribution in [3.8, 4) is 6.07 Å². The van der Waals surface area contributed by atoms with E-state index >= 15 is 0 Å². The highest BCUT2D eigenvalue weighted by Crippen LogP contribution is 2.16. The Kier molecular flexibility index (Phi) is 5.89. The molecule has 0 spiro atoms. The second-order valence-electron chi connectivity index (χ2n) is 6.18. The van der Waals surface area contributed by atoms with Crippen LogP contribution in [0.4, 0.5) is 5.69 Å². The third-order valence-electron chi connectivity index (χ3n) is 4.41. The average molecular weight is 346 g/mol. The molecule has 1 amide bonds. The molecule has 1 N–H and O–H groups in total. The summed E-state index contributed by atoms with van der Waals surface area (Å²) in [7, 11) is 0. The lowest BCUT2D eigenvalue weighted by Crippen LogP contribution is -2.44. The summed E-state index contributed by atoms with van der Waals surface area (Å²) < 4.78 is 0. The van der Waals surface area contributed by atoms with Gasteiger partial charge in [-0.05, 0) is 17.7 Å². The summed E-state index contributed by atoms with van der Waals surface area (Å²) in [6.07, 6.45) is 1.68. The molecule has 0 radical (unpaired) electrons. The number of anilines is 1. The number of nitrogens with one attached hydrogen (secondary N) is 1. The minimum absolute atomic E-state index is 0.147. The summed E-state index contributed by atoms with van der Waals surface area (Å²) in [4.78, 5) is 16.6. The molecule has 1 aliphatic rings. The van der Waals surface area contributed by atoms with Gasteiger partial charge >= 0.3 is 0 Å². The lowest BCUT2D eigenvalue weighted by atomic mass is 10.2. The van der Waals surface area contributed by atoms with Crippen LogP contribution in [-0.2, 0) is 11.3 Å². The van der Waals surface area contributed by atoms with Crippen LogP contribution in [0, 0.1) is 11.3 Å². The van der Waals surface area contributed by atoms with E-state index in [1.165, 1.54) is 5.69 Å². The van der Waals surface area contributed by atoms with Gasteiger partial charge in [0.25, 0.3) is 5.91 Å². The Morgan fingerprint density at radius 3 is 2.23 bits per heavy atom. The molecule has 26 heavy (non-hydrogen) atoms. The first-order chi connectivity index (χ1) is 12.8. The van der Waals surface area contributed by atoms with E-state index < -0.39 is 0 Å². The molecule has 1 heterocycles. The van der Waals surface area contributed by atoms with E-state index in [0.29, 0.717) is 6.54 Å². The van der Waals surface area contributed by atoms with Gasteiger partial charge in [0.2, 0.25) is 0 Å². The molecule has 1 aliphatic heterocycles. The number of nitrogens with zero attached hydrogens (tertiary/aromatic N) is 3. The summed E-state index contributed by atoms with van der Waals surface area (Å²) >= 11 is 0. The number of carbonyl (C=O) groups excluding carboxylic acids is 1. The molecular weight excluding hydrogens is 324 g/mol. The Labute approximate surface area is 154 Å². The van der Waals surface area contributed by atoms with Crippen molar-refractivity contribution in [1.29, 1.82) is 5.26 Å². The Balaban J connectivity index is 1.54. The molecule has 1 fully saturated rings. The smallest absolute Gasteiger partial charge is 0.263 e. The fraction of sp³-hybridized carbons (Fsp3) is 0.238. The molecular formula is C21H22N4O. The van der Waals surface area contributed by atoms with E-state index in [-0.39, 0.29) is 11.5 Å². The number of para-hydroxylation sites is 1. The van der Waals surface area contributed by atoms with E-state index in [1.807, 2.05) is 59.5 Å². The van der Waals surface area contributed by atoms with Gasteiger partial charge in [-0.15, -0.1) is 0 Å². The zero-order valence-corrected chi connectivity index (χ0v) is 14.6. The van der Waals surface area contributed by atoms with Gasteiger partial charge < -0.3 is 15.1 Å². The lowest BCUT2D eigenvalue weighted by Gasteiger charge is -2.35. The van der Waals surface area contributed by atoms with Gasteiger partial charge in [-0.25, -0.2) is 0 Å². The van der Waals surface area contributed by atoms with Crippen molar-refractivity contribution >= 4 is 11.6 Å². The third-order valence-corrected chi connectivity index (χ3v) is 4.41. The number of amides is 1. The minimum Gasteiger partial charge on any atom is -0.373 e. The SMILES string of the molecule is N#C/C(=C\N1CCN(c2ccccc2)CC1)C(=O)NCc1ccccc1. The highest BCUT2D eigenvalue weighted by molar-refractivity contribution is 5.97. The molecule has 132 valence electrons. The molecule has 0 bridgehead atoms. The molecule has 3 rings (SSSR count). The molecule has 2 aromatic rings. The number of benzene rings is 2. The van der Waals surface area contributed by atoms with Gasteiger partial charge in [0.1, 0.15) is 11.6 Å². The molecule has 1 saturated heterocycles. The summed E-state index contributed by atoms with van der Waals surface area (Å²) in [5.41, 5.74) is 2.36. The second-order valence-corrected chi connectivity index (χ2v) is 6.18. The van der Waals surface area contributed by atoms with Gasteiger partial charge in [0, 0.05) is 44.6 Å². The van der Waals surface area contributed by atoms with Crippen LogP contribution in [0.1, 0.15) is 5.56 Å². The van der Waals surface area contributed by atoms with E-state index in [0.717, 1.165) is 31.7 Å². The zero-order valence-electron chi connectivity index (χ0n) is 14.6. The quantitative estimate of drug-likeness (QED) is 0.668. The predicted molar refractivity (Wildman–Crippen MR) is 102 cm³/mol. The molecule has 2 aromatic carbocycles. The molecule has 5 heteroatoms. The highest BCUT2D eigenvalue weighted by atomic mass is 16.1. The van der Waals surface area contributed by atoms with E-state index in [2.05, 4.69) is 22.3 Å². The van der Waals surface area contributed by atoms with Crippen LogP contribution in [0.25, 0.3) is 0 Å². The van der Waals surface area contributed by atoms with Crippen LogP contribution in [0.2, 0.25) is 0 Å². The van der Waals surface area contributed by atoms with Crippen molar-refractivity contribution in [3.63, 3.8) is 0 Å². The second kappa shape index (κ2) is 8.72. The van der Waals surface area contributed by atoms with Crippen LogP contribution < -0.4 is 10.2 Å². The van der Waals surface area contributed by atoms with Gasteiger partial charge in [-0.3, -0.25) is 4.79 Å². The molecule has 0 aliphatic carbocycles. The Morgan fingerprint density at radius 2 is 1.62 bits per heavy atom. The van der Waals surface area contributed by atoms with Gasteiger partial charge in [0.15, 0.2) is 0 Å². The van der Waals surface area contributed by atoms with Crippen molar-refractivity contribution in [2.75, 3.05) is 31.1 Å². The maximum absolute atomic E-state index is 12.3. The first-order valence-corrected chi connectivity index (χ1v) is 8.74. The highest BCUT2D eigenvalue weighted by Gasteiger charge is 2.17. The first-order valence-electron chi connectivity index (χ1n) is 8.74. The number of rotatable bonds is 5. The zero-order chi connectivity index (χ0) is 18.2. The average Bonchev–Trinajstić information content (AvgIpc) is 2.72. The van der Waals surface area contributed by atoms with Crippen LogP contribution >= 0.6 is 0 Å². The largest absolute Gasteiger partial charge is 0.373 e. The van der Waals surface area contributed by atoms with Crippen molar-refractivity contribution in [2.45, 2.75) is 6.54 Å². The number of nitriles is 1. The van der Waals surface area contributed by atoms with E-state index in [1.54, 1.807) is 6.20 Å². The normalized spacial score (nSPS) is 14.7. The van der Waals surface area contributed by atoms with Crippen LogP contribution in [0.3, 0.4) is 0 Å².